The van der Waals surface area contributed by atoms with Gasteiger partial charge in [-0.05, 0) is 49.0 Å². The highest BCUT2D eigenvalue weighted by Crippen LogP contribution is 2.59. The van der Waals surface area contributed by atoms with Gasteiger partial charge in [-0.25, -0.2) is 4.79 Å². The third-order valence-electron chi connectivity index (χ3n) is 11.4. The SMILES string of the molecule is CN(C(=O)C1=C[C@H]2OC(C3CC3)(C3CC3)O[C@H]2[C@H](OC(=O)c2ccccc2C=CCO[C@H]2O[C@H](CO)[C@H](O)[C@H](O)[C@H]2O)C1)[C@H](Cc1ccccc1)C(=O)NCCO. The lowest BCUT2D eigenvalue weighted by Gasteiger charge is -2.39. The molecule has 2 saturated carbocycles. The van der Waals surface area contributed by atoms with E-state index in [9.17, 15) is 39.9 Å². The van der Waals surface area contributed by atoms with Crippen molar-refractivity contribution in [3.8, 4) is 0 Å². The molecule has 0 bridgehead atoms. The minimum absolute atomic E-state index is 0.0200. The summed E-state index contributed by atoms with van der Waals surface area (Å²) in [7, 11) is 1.57. The van der Waals surface area contributed by atoms with E-state index in [1.807, 2.05) is 30.3 Å². The summed E-state index contributed by atoms with van der Waals surface area (Å²) in [6, 6.07) is 15.2. The quantitative estimate of drug-likeness (QED) is 0.130. The number of nitrogens with zero attached hydrogens (tertiary/aromatic N) is 1. The summed E-state index contributed by atoms with van der Waals surface area (Å²) >= 11 is 0. The maximum Gasteiger partial charge on any atom is 0.339 e. The van der Waals surface area contributed by atoms with Crippen molar-refractivity contribution in [2.75, 3.05) is 33.4 Å². The van der Waals surface area contributed by atoms with Crippen LogP contribution in [0.5, 0.6) is 0 Å². The van der Waals surface area contributed by atoms with Gasteiger partial charge in [-0.15, -0.1) is 0 Å². The van der Waals surface area contributed by atoms with Gasteiger partial charge in [0.2, 0.25) is 11.8 Å². The van der Waals surface area contributed by atoms with E-state index in [0.717, 1.165) is 31.2 Å². The first-order chi connectivity index (χ1) is 27.5. The number of nitrogens with one attached hydrogen (secondary N) is 1. The van der Waals surface area contributed by atoms with E-state index in [2.05, 4.69) is 5.32 Å². The molecule has 308 valence electrons. The fourth-order valence-electron chi connectivity index (χ4n) is 8.03. The number of esters is 1. The number of aliphatic hydroxyl groups is 5. The zero-order valence-corrected chi connectivity index (χ0v) is 31.8. The van der Waals surface area contributed by atoms with Gasteiger partial charge in [-0.3, -0.25) is 9.59 Å². The number of rotatable bonds is 16. The molecule has 0 radical (unpaired) electrons. The van der Waals surface area contributed by atoms with Gasteiger partial charge < -0.3 is 59.4 Å². The van der Waals surface area contributed by atoms with Crippen molar-refractivity contribution in [3.05, 3.63) is 89.0 Å². The molecule has 2 aromatic rings. The monoisotopic (exact) mass is 792 g/mol. The van der Waals surface area contributed by atoms with Crippen LogP contribution >= 0.6 is 0 Å². The van der Waals surface area contributed by atoms with E-state index in [-0.39, 0.29) is 50.0 Å². The fraction of sp³-hybridized carbons (Fsp3) is 0.548. The molecule has 4 fully saturated rings. The Balaban J connectivity index is 1.09. The largest absolute Gasteiger partial charge is 0.456 e. The summed E-state index contributed by atoms with van der Waals surface area (Å²) in [5, 5.41) is 52.0. The molecule has 2 amide bonds. The topological polar surface area (TPSA) is 214 Å². The molecule has 2 heterocycles. The van der Waals surface area contributed by atoms with Crippen molar-refractivity contribution in [2.24, 2.45) is 11.8 Å². The molecule has 0 spiro atoms. The van der Waals surface area contributed by atoms with Crippen LogP contribution in [-0.4, -0.2) is 142 Å². The molecule has 2 aromatic carbocycles. The first kappa shape index (κ1) is 41.1. The molecule has 6 N–H and O–H groups in total. The first-order valence-electron chi connectivity index (χ1n) is 19.7. The molecule has 5 aliphatic rings. The molecule has 57 heavy (non-hydrogen) atoms. The Morgan fingerprint density at radius 2 is 1.65 bits per heavy atom. The molecule has 15 nitrogen and oxygen atoms in total. The summed E-state index contributed by atoms with van der Waals surface area (Å²) in [4.78, 5) is 43.2. The number of benzene rings is 2. The van der Waals surface area contributed by atoms with Gasteiger partial charge in [0, 0.05) is 43.8 Å². The van der Waals surface area contributed by atoms with E-state index in [0.29, 0.717) is 11.1 Å². The number of fused-ring (bicyclic) bond motifs is 1. The van der Waals surface area contributed by atoms with Gasteiger partial charge in [0.25, 0.3) is 0 Å². The minimum atomic E-state index is -1.58. The Labute approximate surface area is 330 Å². The maximum atomic E-state index is 14.4. The van der Waals surface area contributed by atoms with Gasteiger partial charge in [0.05, 0.1) is 25.4 Å². The average molecular weight is 793 g/mol. The zero-order chi connectivity index (χ0) is 40.3. The molecule has 2 saturated heterocycles. The molecule has 15 heteroatoms. The first-order valence-corrected chi connectivity index (χ1v) is 19.7. The molecule has 0 aromatic heterocycles. The standard InChI is InChI=1S/C42H52N2O13/c1-44(30(38(50)43-17-18-45)20-24-8-3-2-4-9-24)39(51)26-21-31(37-32(22-26)56-42(57-37,27-13-14-27)28-15-16-28)54-40(52)29-12-6-5-10-25(29)11-7-19-53-41-36(49)35(48)34(47)33(23-46)55-41/h2-12,22,27-28,30-37,41,45-49H,13-21,23H2,1H3,(H,43,50)/t30-,31-,32-,33-,34+,35+,36-,37+,41+/m1/s1. The molecular weight excluding hydrogens is 740 g/mol. The summed E-state index contributed by atoms with van der Waals surface area (Å²) in [5.74, 6) is -1.88. The third kappa shape index (κ3) is 9.02. The van der Waals surface area contributed by atoms with Crippen LogP contribution in [0.25, 0.3) is 6.08 Å². The van der Waals surface area contributed by atoms with E-state index >= 15 is 0 Å². The highest BCUT2D eigenvalue weighted by molar-refractivity contribution is 5.98. The van der Waals surface area contributed by atoms with Crippen LogP contribution < -0.4 is 5.32 Å². The number of carbonyl (C=O) groups excluding carboxylic acids is 3. The Morgan fingerprint density at radius 1 is 0.947 bits per heavy atom. The second kappa shape index (κ2) is 17.9. The van der Waals surface area contributed by atoms with Crippen molar-refractivity contribution in [3.63, 3.8) is 0 Å². The van der Waals surface area contributed by atoms with E-state index in [1.54, 1.807) is 49.5 Å². The fourth-order valence-corrected chi connectivity index (χ4v) is 8.03. The highest BCUT2D eigenvalue weighted by atomic mass is 16.8. The molecular formula is C42H52N2O13. The summed E-state index contributed by atoms with van der Waals surface area (Å²) < 4.78 is 30.8. The number of ether oxygens (including phenoxy) is 5. The van der Waals surface area contributed by atoms with Gasteiger partial charge in [0.1, 0.15) is 48.8 Å². The van der Waals surface area contributed by atoms with E-state index < -0.39 is 85.2 Å². The summed E-state index contributed by atoms with van der Waals surface area (Å²) in [6.07, 6.45) is -0.239. The number of aliphatic hydroxyl groups excluding tert-OH is 5. The molecule has 0 unspecified atom stereocenters. The lowest BCUT2D eigenvalue weighted by molar-refractivity contribution is -0.298. The lowest BCUT2D eigenvalue weighted by Crippen LogP contribution is -2.59. The van der Waals surface area contributed by atoms with Crippen molar-refractivity contribution < 1.29 is 63.6 Å². The van der Waals surface area contributed by atoms with Crippen LogP contribution in [0.15, 0.2) is 72.3 Å². The second-order valence-electron chi connectivity index (χ2n) is 15.4. The predicted molar refractivity (Wildman–Crippen MR) is 202 cm³/mol. The Morgan fingerprint density at radius 3 is 2.33 bits per heavy atom. The van der Waals surface area contributed by atoms with Crippen LogP contribution in [0.4, 0.5) is 0 Å². The maximum absolute atomic E-state index is 14.4. The number of likely N-dealkylation sites (N-methyl/N-ethyl adjacent to an activating group) is 1. The minimum Gasteiger partial charge on any atom is -0.456 e. The number of hydrogen-bond acceptors (Lipinski definition) is 13. The number of amides is 2. The van der Waals surface area contributed by atoms with Crippen LogP contribution in [0.3, 0.4) is 0 Å². The third-order valence-corrected chi connectivity index (χ3v) is 11.4. The molecule has 2 aliphatic heterocycles. The molecule has 7 rings (SSSR count). The van der Waals surface area contributed by atoms with Gasteiger partial charge in [-0.1, -0.05) is 60.7 Å². The smallest absolute Gasteiger partial charge is 0.339 e. The van der Waals surface area contributed by atoms with Gasteiger partial charge in [0.15, 0.2) is 12.1 Å². The lowest BCUT2D eigenvalue weighted by atomic mass is 9.90. The Bertz CT molecular complexity index is 1780. The zero-order valence-electron chi connectivity index (χ0n) is 31.8. The second-order valence-corrected chi connectivity index (χ2v) is 15.4. The normalized spacial score (nSPS) is 30.0. The van der Waals surface area contributed by atoms with Crippen LogP contribution in [0, 0.1) is 11.8 Å². The Kier molecular flexibility index (Phi) is 12.9. The van der Waals surface area contributed by atoms with Crippen LogP contribution in [0.2, 0.25) is 0 Å². The van der Waals surface area contributed by atoms with Gasteiger partial charge in [-0.2, -0.15) is 0 Å². The van der Waals surface area contributed by atoms with Crippen molar-refractivity contribution in [1.82, 2.24) is 10.2 Å². The van der Waals surface area contributed by atoms with E-state index in [4.69, 9.17) is 23.7 Å². The van der Waals surface area contributed by atoms with Crippen molar-refractivity contribution in [1.29, 1.82) is 0 Å². The van der Waals surface area contributed by atoms with E-state index in [1.165, 1.54) is 4.90 Å². The van der Waals surface area contributed by atoms with Crippen molar-refractivity contribution in [2.45, 2.75) is 99.4 Å². The van der Waals surface area contributed by atoms with Crippen LogP contribution in [-0.2, 0) is 39.7 Å². The molecule has 3 aliphatic carbocycles. The summed E-state index contributed by atoms with van der Waals surface area (Å²) in [5.41, 5.74) is 1.90. The highest BCUT2D eigenvalue weighted by Gasteiger charge is 2.64. The Hall–Kier alpha value is -4.03. The number of hydrogen-bond donors (Lipinski definition) is 6. The number of carbonyl (C=O) groups is 3. The van der Waals surface area contributed by atoms with Gasteiger partial charge >= 0.3 is 5.97 Å². The van der Waals surface area contributed by atoms with Crippen molar-refractivity contribution >= 4 is 23.9 Å². The summed E-state index contributed by atoms with van der Waals surface area (Å²) in [6.45, 7) is -0.911. The average Bonchev–Trinajstić information content (AvgIpc) is 4.18. The van der Waals surface area contributed by atoms with Crippen LogP contribution in [0.1, 0.15) is 53.6 Å². The predicted octanol–water partition coefficient (Wildman–Crippen LogP) is 0.850. The molecule has 9 atom stereocenters.